The molecule has 1 nitrogen and oxygen atoms in total. The fourth-order valence-electron chi connectivity index (χ4n) is 2.01. The molecule has 0 bridgehead atoms. The summed E-state index contributed by atoms with van der Waals surface area (Å²) in [5.41, 5.74) is 3.03. The van der Waals surface area contributed by atoms with Crippen LogP contribution in [0, 0.1) is 0 Å². The fraction of sp³-hybridized carbons (Fsp3) is 0.200. The van der Waals surface area contributed by atoms with Crippen molar-refractivity contribution in [2.75, 3.05) is 0 Å². The average Bonchev–Trinajstić information content (AvgIpc) is 2.40. The molecule has 2 aromatic rings. The Bertz CT molecular complexity index is 552. The molecule has 18 heavy (non-hydrogen) atoms. The van der Waals surface area contributed by atoms with Crippen molar-refractivity contribution in [2.45, 2.75) is 19.4 Å². The van der Waals surface area contributed by atoms with E-state index >= 15 is 0 Å². The van der Waals surface area contributed by atoms with Gasteiger partial charge in [-0.3, -0.25) is 0 Å². The van der Waals surface area contributed by atoms with Crippen LogP contribution >= 0.6 is 31.9 Å². The molecular formula is C15H14Br2O. The third-order valence-electron chi connectivity index (χ3n) is 2.98. The first-order chi connectivity index (χ1) is 8.63. The van der Waals surface area contributed by atoms with Crippen molar-refractivity contribution in [3.8, 4) is 0 Å². The lowest BCUT2D eigenvalue weighted by Gasteiger charge is -2.17. The second-order valence-corrected chi connectivity index (χ2v) is 5.89. The molecule has 0 spiro atoms. The van der Waals surface area contributed by atoms with Crippen molar-refractivity contribution >= 4 is 31.9 Å². The predicted molar refractivity (Wildman–Crippen MR) is 81.7 cm³/mol. The van der Waals surface area contributed by atoms with Crippen LogP contribution in [0.25, 0.3) is 0 Å². The lowest BCUT2D eigenvalue weighted by atomic mass is 9.96. The van der Waals surface area contributed by atoms with Gasteiger partial charge in [-0.15, -0.1) is 0 Å². The van der Waals surface area contributed by atoms with E-state index < -0.39 is 6.10 Å². The summed E-state index contributed by atoms with van der Waals surface area (Å²) >= 11 is 6.93. The Hall–Kier alpha value is -0.640. The van der Waals surface area contributed by atoms with Gasteiger partial charge in [0.2, 0.25) is 0 Å². The summed E-state index contributed by atoms with van der Waals surface area (Å²) in [6.07, 6.45) is 0.312. The Morgan fingerprint density at radius 1 is 1.06 bits per heavy atom. The molecule has 1 N–H and O–H groups in total. The molecule has 0 heterocycles. The average molecular weight is 370 g/mol. The lowest BCUT2D eigenvalue weighted by Crippen LogP contribution is -2.04. The van der Waals surface area contributed by atoms with Crippen LogP contribution in [0.5, 0.6) is 0 Å². The van der Waals surface area contributed by atoms with Crippen molar-refractivity contribution < 1.29 is 5.11 Å². The topological polar surface area (TPSA) is 20.2 Å². The van der Waals surface area contributed by atoms with Crippen molar-refractivity contribution in [3.63, 3.8) is 0 Å². The highest BCUT2D eigenvalue weighted by atomic mass is 79.9. The van der Waals surface area contributed by atoms with Gasteiger partial charge in [-0.05, 0) is 35.7 Å². The fourth-order valence-corrected chi connectivity index (χ4v) is 2.86. The summed E-state index contributed by atoms with van der Waals surface area (Å²) in [6, 6.07) is 13.8. The van der Waals surface area contributed by atoms with Crippen LogP contribution < -0.4 is 0 Å². The number of aliphatic hydroxyl groups excluding tert-OH is 1. The summed E-state index contributed by atoms with van der Waals surface area (Å²) in [5.74, 6) is 0. The molecule has 0 fully saturated rings. The van der Waals surface area contributed by atoms with E-state index in [1.807, 2.05) is 36.4 Å². The lowest BCUT2D eigenvalue weighted by molar-refractivity contribution is 0.218. The Morgan fingerprint density at radius 3 is 2.50 bits per heavy atom. The van der Waals surface area contributed by atoms with Crippen LogP contribution in [-0.4, -0.2) is 5.11 Å². The van der Waals surface area contributed by atoms with E-state index in [9.17, 15) is 5.11 Å². The normalized spacial score (nSPS) is 12.4. The van der Waals surface area contributed by atoms with E-state index in [2.05, 4.69) is 44.8 Å². The second-order valence-electron chi connectivity index (χ2n) is 4.12. The molecule has 0 aliphatic heterocycles. The zero-order valence-corrected chi connectivity index (χ0v) is 13.2. The first-order valence-corrected chi connectivity index (χ1v) is 7.43. The van der Waals surface area contributed by atoms with Crippen LogP contribution in [0.15, 0.2) is 51.4 Å². The van der Waals surface area contributed by atoms with Gasteiger partial charge >= 0.3 is 0 Å². The minimum atomic E-state index is -0.604. The maximum absolute atomic E-state index is 10.6. The first kappa shape index (κ1) is 13.8. The first-order valence-electron chi connectivity index (χ1n) is 5.84. The molecule has 0 saturated heterocycles. The standard InChI is InChI=1S/C15H14Br2O/c1-2-10-5-3-4-6-12(10)15(18)13-9-11(16)7-8-14(13)17/h3-9,15,18H,2H2,1H3. The third kappa shape index (κ3) is 2.85. The molecule has 2 rings (SSSR count). The SMILES string of the molecule is CCc1ccccc1C(O)c1cc(Br)ccc1Br. The summed E-state index contributed by atoms with van der Waals surface area (Å²) < 4.78 is 1.89. The highest BCUT2D eigenvalue weighted by Gasteiger charge is 2.16. The van der Waals surface area contributed by atoms with E-state index in [-0.39, 0.29) is 0 Å². The Kier molecular flexibility index (Phi) is 4.60. The quantitative estimate of drug-likeness (QED) is 0.819. The monoisotopic (exact) mass is 368 g/mol. The van der Waals surface area contributed by atoms with Gasteiger partial charge in [0.15, 0.2) is 0 Å². The summed E-state index contributed by atoms with van der Waals surface area (Å²) in [4.78, 5) is 0. The van der Waals surface area contributed by atoms with Gasteiger partial charge in [-0.2, -0.15) is 0 Å². The zero-order chi connectivity index (χ0) is 13.1. The minimum Gasteiger partial charge on any atom is -0.384 e. The van der Waals surface area contributed by atoms with E-state index in [0.29, 0.717) is 0 Å². The van der Waals surface area contributed by atoms with Crippen molar-refractivity contribution in [1.29, 1.82) is 0 Å². The molecule has 0 aromatic heterocycles. The molecule has 0 aliphatic carbocycles. The summed E-state index contributed by atoms with van der Waals surface area (Å²) in [7, 11) is 0. The highest BCUT2D eigenvalue weighted by Crippen LogP contribution is 2.32. The number of aliphatic hydroxyl groups is 1. The number of halogens is 2. The van der Waals surface area contributed by atoms with E-state index in [4.69, 9.17) is 0 Å². The van der Waals surface area contributed by atoms with Gasteiger partial charge in [-0.1, -0.05) is 63.0 Å². The number of hydrogen-bond donors (Lipinski definition) is 1. The predicted octanol–water partition coefficient (Wildman–Crippen LogP) is 4.86. The molecule has 0 aliphatic rings. The Morgan fingerprint density at radius 2 is 1.78 bits per heavy atom. The molecule has 0 saturated carbocycles. The number of aryl methyl sites for hydroxylation is 1. The molecule has 0 radical (unpaired) electrons. The molecular weight excluding hydrogens is 356 g/mol. The molecule has 3 heteroatoms. The van der Waals surface area contributed by atoms with Gasteiger partial charge < -0.3 is 5.11 Å². The molecule has 0 amide bonds. The van der Waals surface area contributed by atoms with E-state index in [1.165, 1.54) is 5.56 Å². The van der Waals surface area contributed by atoms with Gasteiger partial charge in [0.05, 0.1) is 0 Å². The van der Waals surface area contributed by atoms with Crippen LogP contribution in [0.1, 0.15) is 29.7 Å². The second kappa shape index (κ2) is 6.00. The van der Waals surface area contributed by atoms with Gasteiger partial charge in [0.25, 0.3) is 0 Å². The van der Waals surface area contributed by atoms with Gasteiger partial charge in [0, 0.05) is 14.5 Å². The Balaban J connectivity index is 2.47. The van der Waals surface area contributed by atoms with E-state index in [1.54, 1.807) is 0 Å². The summed E-state index contributed by atoms with van der Waals surface area (Å²) in [5, 5.41) is 10.6. The number of hydrogen-bond acceptors (Lipinski definition) is 1. The van der Waals surface area contributed by atoms with Crippen molar-refractivity contribution in [1.82, 2.24) is 0 Å². The zero-order valence-electron chi connectivity index (χ0n) is 10.0. The van der Waals surface area contributed by atoms with Crippen molar-refractivity contribution in [2.24, 2.45) is 0 Å². The van der Waals surface area contributed by atoms with Crippen LogP contribution in [0.3, 0.4) is 0 Å². The van der Waals surface area contributed by atoms with Crippen molar-refractivity contribution in [3.05, 3.63) is 68.1 Å². The van der Waals surface area contributed by atoms with E-state index in [0.717, 1.165) is 26.5 Å². The highest BCUT2D eigenvalue weighted by molar-refractivity contribution is 9.11. The van der Waals surface area contributed by atoms with Crippen LogP contribution in [0.2, 0.25) is 0 Å². The van der Waals surface area contributed by atoms with Crippen LogP contribution in [-0.2, 0) is 6.42 Å². The Labute approximate surface area is 124 Å². The largest absolute Gasteiger partial charge is 0.384 e. The number of benzene rings is 2. The molecule has 1 unspecified atom stereocenters. The maximum Gasteiger partial charge on any atom is 0.105 e. The molecule has 2 aromatic carbocycles. The van der Waals surface area contributed by atoms with Gasteiger partial charge in [-0.25, -0.2) is 0 Å². The minimum absolute atomic E-state index is 0.604. The molecule has 94 valence electrons. The smallest absolute Gasteiger partial charge is 0.105 e. The van der Waals surface area contributed by atoms with Gasteiger partial charge in [0.1, 0.15) is 6.10 Å². The maximum atomic E-state index is 10.6. The van der Waals surface area contributed by atoms with Crippen LogP contribution in [0.4, 0.5) is 0 Å². The number of rotatable bonds is 3. The third-order valence-corrected chi connectivity index (χ3v) is 4.20. The molecule has 1 atom stereocenters. The summed E-state index contributed by atoms with van der Waals surface area (Å²) in [6.45, 7) is 2.10.